The van der Waals surface area contributed by atoms with Crippen molar-refractivity contribution in [2.45, 2.75) is 0 Å². The normalized spacial score (nSPS) is 10.5. The summed E-state index contributed by atoms with van der Waals surface area (Å²) in [6.45, 7) is 0. The highest BCUT2D eigenvalue weighted by Crippen LogP contribution is 2.25. The van der Waals surface area contributed by atoms with Crippen LogP contribution in [0.2, 0.25) is 0 Å². The maximum atomic E-state index is 11.9. The van der Waals surface area contributed by atoms with Crippen LogP contribution in [0.5, 0.6) is 5.75 Å². The van der Waals surface area contributed by atoms with E-state index in [0.717, 1.165) is 10.0 Å². The minimum Gasteiger partial charge on any atom is -0.496 e. The highest BCUT2D eigenvalue weighted by molar-refractivity contribution is 9.10. The molecule has 1 N–H and O–H groups in total. The van der Waals surface area contributed by atoms with Gasteiger partial charge in [0, 0.05) is 5.56 Å². The highest BCUT2D eigenvalue weighted by atomic mass is 79.9. The van der Waals surface area contributed by atoms with E-state index in [1.54, 1.807) is 31.5 Å². The Balaban J connectivity index is 2.02. The predicted octanol–water partition coefficient (Wildman–Crippen LogP) is 3.22. The lowest BCUT2D eigenvalue weighted by molar-refractivity contribution is 0.0955. The Kier molecular flexibility index (Phi) is 4.90. The molecule has 2 aromatic rings. The van der Waals surface area contributed by atoms with Crippen molar-refractivity contribution in [1.29, 1.82) is 0 Å². The molecule has 5 heteroatoms. The summed E-state index contributed by atoms with van der Waals surface area (Å²) in [7, 11) is 1.57. The van der Waals surface area contributed by atoms with E-state index in [2.05, 4.69) is 26.5 Å². The zero-order valence-electron chi connectivity index (χ0n) is 10.8. The molecule has 2 rings (SSSR count). The molecular weight excluding hydrogens is 320 g/mol. The Labute approximate surface area is 125 Å². The molecule has 4 nitrogen and oxygen atoms in total. The molecule has 0 bridgehead atoms. The Morgan fingerprint density at radius 3 is 2.65 bits per heavy atom. The monoisotopic (exact) mass is 332 g/mol. The van der Waals surface area contributed by atoms with Gasteiger partial charge in [-0.3, -0.25) is 4.79 Å². The van der Waals surface area contributed by atoms with Gasteiger partial charge in [-0.1, -0.05) is 30.3 Å². The molecule has 0 saturated carbocycles. The molecule has 0 radical (unpaired) electrons. The Hall–Kier alpha value is -2.14. The molecule has 0 fully saturated rings. The van der Waals surface area contributed by atoms with Crippen LogP contribution >= 0.6 is 15.9 Å². The van der Waals surface area contributed by atoms with E-state index >= 15 is 0 Å². The number of hydrazone groups is 1. The quantitative estimate of drug-likeness (QED) is 0.690. The first-order chi connectivity index (χ1) is 9.70. The van der Waals surface area contributed by atoms with Crippen LogP contribution in [0.1, 0.15) is 15.9 Å². The number of carbonyl (C=O) groups excluding carboxylic acids is 1. The van der Waals surface area contributed by atoms with Crippen molar-refractivity contribution < 1.29 is 9.53 Å². The van der Waals surface area contributed by atoms with Crippen LogP contribution in [0, 0.1) is 0 Å². The third kappa shape index (κ3) is 3.68. The van der Waals surface area contributed by atoms with Crippen molar-refractivity contribution in [3.63, 3.8) is 0 Å². The minimum absolute atomic E-state index is 0.277. The average molecular weight is 333 g/mol. The van der Waals surface area contributed by atoms with Gasteiger partial charge in [0.2, 0.25) is 0 Å². The van der Waals surface area contributed by atoms with Gasteiger partial charge >= 0.3 is 0 Å². The molecule has 0 aliphatic rings. The number of hydrogen-bond acceptors (Lipinski definition) is 3. The molecule has 0 heterocycles. The van der Waals surface area contributed by atoms with E-state index in [0.29, 0.717) is 11.3 Å². The van der Waals surface area contributed by atoms with Crippen molar-refractivity contribution in [3.8, 4) is 5.75 Å². The Morgan fingerprint density at radius 1 is 1.25 bits per heavy atom. The van der Waals surface area contributed by atoms with Crippen molar-refractivity contribution in [2.75, 3.05) is 7.11 Å². The molecule has 0 aliphatic carbocycles. The molecule has 0 unspecified atom stereocenters. The van der Waals surface area contributed by atoms with Crippen molar-refractivity contribution >= 4 is 28.1 Å². The van der Waals surface area contributed by atoms with Crippen LogP contribution < -0.4 is 10.2 Å². The van der Waals surface area contributed by atoms with Crippen LogP contribution in [-0.4, -0.2) is 19.2 Å². The smallest absolute Gasteiger partial charge is 0.271 e. The van der Waals surface area contributed by atoms with E-state index in [-0.39, 0.29) is 5.91 Å². The van der Waals surface area contributed by atoms with Crippen LogP contribution in [-0.2, 0) is 0 Å². The fourth-order valence-electron chi connectivity index (χ4n) is 1.58. The number of rotatable bonds is 4. The van der Waals surface area contributed by atoms with Gasteiger partial charge in [-0.15, -0.1) is 0 Å². The fourth-order valence-corrected chi connectivity index (χ4v) is 2.12. The van der Waals surface area contributed by atoms with Crippen molar-refractivity contribution in [2.24, 2.45) is 5.10 Å². The number of benzene rings is 2. The SMILES string of the molecule is COc1ccc(C(=O)NN=Cc2ccccc2)cc1Br. The van der Waals surface area contributed by atoms with E-state index in [1.807, 2.05) is 30.3 Å². The molecule has 102 valence electrons. The number of carbonyl (C=O) groups is 1. The lowest BCUT2D eigenvalue weighted by Crippen LogP contribution is -2.17. The van der Waals surface area contributed by atoms with Crippen LogP contribution in [0.3, 0.4) is 0 Å². The summed E-state index contributed by atoms with van der Waals surface area (Å²) in [6.07, 6.45) is 1.59. The lowest BCUT2D eigenvalue weighted by atomic mass is 10.2. The molecule has 0 spiro atoms. The van der Waals surface area contributed by atoms with E-state index < -0.39 is 0 Å². The Bertz CT molecular complexity index is 627. The van der Waals surface area contributed by atoms with E-state index in [1.165, 1.54) is 0 Å². The third-order valence-electron chi connectivity index (χ3n) is 2.59. The Morgan fingerprint density at radius 2 is 2.00 bits per heavy atom. The number of methoxy groups -OCH3 is 1. The van der Waals surface area contributed by atoms with Crippen LogP contribution in [0.4, 0.5) is 0 Å². The molecule has 0 aromatic heterocycles. The molecule has 0 atom stereocenters. The summed E-state index contributed by atoms with van der Waals surface area (Å²) in [4.78, 5) is 11.9. The van der Waals surface area contributed by atoms with Gasteiger partial charge in [0.05, 0.1) is 17.8 Å². The molecule has 0 saturated heterocycles. The summed E-state index contributed by atoms with van der Waals surface area (Å²) in [5, 5.41) is 3.92. The largest absolute Gasteiger partial charge is 0.496 e. The van der Waals surface area contributed by atoms with Gasteiger partial charge in [-0.25, -0.2) is 5.43 Å². The minimum atomic E-state index is -0.277. The van der Waals surface area contributed by atoms with Gasteiger partial charge in [0.1, 0.15) is 5.75 Å². The van der Waals surface area contributed by atoms with E-state index in [9.17, 15) is 4.79 Å². The summed E-state index contributed by atoms with van der Waals surface area (Å²) in [5.74, 6) is 0.398. The van der Waals surface area contributed by atoms with Gasteiger partial charge < -0.3 is 4.74 Å². The second-order valence-electron chi connectivity index (χ2n) is 3.96. The third-order valence-corrected chi connectivity index (χ3v) is 3.21. The topological polar surface area (TPSA) is 50.7 Å². The molecule has 1 amide bonds. The summed E-state index contributed by atoms with van der Waals surface area (Å²) in [5.41, 5.74) is 3.90. The molecule has 20 heavy (non-hydrogen) atoms. The van der Waals surface area contributed by atoms with Gasteiger partial charge in [0.25, 0.3) is 5.91 Å². The van der Waals surface area contributed by atoms with Gasteiger partial charge in [-0.05, 0) is 39.7 Å². The second-order valence-corrected chi connectivity index (χ2v) is 4.81. The van der Waals surface area contributed by atoms with Crippen molar-refractivity contribution in [3.05, 3.63) is 64.1 Å². The maximum absolute atomic E-state index is 11.9. The summed E-state index contributed by atoms with van der Waals surface area (Å²) in [6, 6.07) is 14.6. The number of ether oxygens (including phenoxy) is 1. The maximum Gasteiger partial charge on any atom is 0.271 e. The molecule has 2 aromatic carbocycles. The first-order valence-electron chi connectivity index (χ1n) is 5.92. The predicted molar refractivity (Wildman–Crippen MR) is 82.2 cm³/mol. The average Bonchev–Trinajstić information content (AvgIpc) is 2.48. The number of halogens is 1. The van der Waals surface area contributed by atoms with Crippen LogP contribution in [0.15, 0.2) is 58.1 Å². The zero-order valence-corrected chi connectivity index (χ0v) is 12.4. The number of hydrogen-bond donors (Lipinski definition) is 1. The first kappa shape index (κ1) is 14.3. The highest BCUT2D eigenvalue weighted by Gasteiger charge is 2.07. The first-order valence-corrected chi connectivity index (χ1v) is 6.72. The number of nitrogens with zero attached hydrogens (tertiary/aromatic N) is 1. The fraction of sp³-hybridized carbons (Fsp3) is 0.0667. The van der Waals surface area contributed by atoms with Gasteiger partial charge in [-0.2, -0.15) is 5.10 Å². The van der Waals surface area contributed by atoms with Gasteiger partial charge in [0.15, 0.2) is 0 Å². The second kappa shape index (κ2) is 6.86. The molecular formula is C15H13BrN2O2. The summed E-state index contributed by atoms with van der Waals surface area (Å²) >= 11 is 3.34. The standard InChI is InChI=1S/C15H13BrN2O2/c1-20-14-8-7-12(9-13(14)16)15(19)18-17-10-11-5-3-2-4-6-11/h2-10H,1H3,(H,18,19). The van der Waals surface area contributed by atoms with Crippen LogP contribution in [0.25, 0.3) is 0 Å². The summed E-state index contributed by atoms with van der Waals surface area (Å²) < 4.78 is 5.83. The molecule has 0 aliphatic heterocycles. The van der Waals surface area contributed by atoms with E-state index in [4.69, 9.17) is 4.74 Å². The number of amides is 1. The number of nitrogens with one attached hydrogen (secondary N) is 1. The lowest BCUT2D eigenvalue weighted by Gasteiger charge is -2.05. The zero-order chi connectivity index (χ0) is 14.4. The van der Waals surface area contributed by atoms with Crippen molar-refractivity contribution in [1.82, 2.24) is 5.43 Å².